The van der Waals surface area contributed by atoms with Crippen LogP contribution in [0.4, 0.5) is 5.69 Å². The molecule has 0 saturated heterocycles. The van der Waals surface area contributed by atoms with Crippen LogP contribution in [0, 0.1) is 17.0 Å². The number of hydrogen-bond donors (Lipinski definition) is 1. The molecule has 0 bridgehead atoms. The van der Waals surface area contributed by atoms with Crippen molar-refractivity contribution in [1.29, 1.82) is 0 Å². The molecule has 0 aliphatic carbocycles. The van der Waals surface area contributed by atoms with E-state index in [0.29, 0.717) is 11.4 Å². The summed E-state index contributed by atoms with van der Waals surface area (Å²) in [6.07, 6.45) is 3.43. The van der Waals surface area contributed by atoms with E-state index in [1.165, 1.54) is 6.07 Å². The molecule has 1 heterocycles. The summed E-state index contributed by atoms with van der Waals surface area (Å²) >= 11 is 0. The summed E-state index contributed by atoms with van der Waals surface area (Å²) in [6.45, 7) is 1.61. The number of para-hydroxylation sites is 1. The Bertz CT molecular complexity index is 950. The molecule has 1 amide bonds. The molecule has 1 N–H and O–H groups in total. The summed E-state index contributed by atoms with van der Waals surface area (Å²) in [5.74, 6) is 0.122. The van der Waals surface area contributed by atoms with Crippen LogP contribution < -0.4 is 5.32 Å². The van der Waals surface area contributed by atoms with Gasteiger partial charge in [0, 0.05) is 25.0 Å². The smallest absolute Gasteiger partial charge is 0.285 e. The third-order valence-corrected chi connectivity index (χ3v) is 4.19. The zero-order chi connectivity index (χ0) is 18.7. The van der Waals surface area contributed by atoms with Crippen molar-refractivity contribution < 1.29 is 9.72 Å². The maximum Gasteiger partial charge on any atom is 0.285 e. The molecule has 1 unspecified atom stereocenters. The number of benzene rings is 2. The molecular weight excluding hydrogens is 332 g/mol. The Hall–Kier alpha value is -3.48. The van der Waals surface area contributed by atoms with Crippen molar-refractivity contribution in [3.8, 4) is 0 Å². The molecule has 1 aromatic heterocycles. The minimum atomic E-state index is -0.525. The van der Waals surface area contributed by atoms with Crippen LogP contribution in [0.1, 0.15) is 33.4 Å². The van der Waals surface area contributed by atoms with Crippen LogP contribution in [0.3, 0.4) is 0 Å². The minimum Gasteiger partial charge on any atom is -0.338 e. The summed E-state index contributed by atoms with van der Waals surface area (Å²) in [5, 5.41) is 14.3. The third-order valence-electron chi connectivity index (χ3n) is 4.19. The average Bonchev–Trinajstić information content (AvgIpc) is 3.05. The molecule has 3 rings (SSSR count). The van der Waals surface area contributed by atoms with Crippen LogP contribution in [0.25, 0.3) is 0 Å². The normalized spacial score (nSPS) is 11.8. The van der Waals surface area contributed by atoms with Crippen LogP contribution in [0.2, 0.25) is 0 Å². The molecule has 132 valence electrons. The number of nitrogens with one attached hydrogen (secondary N) is 1. The van der Waals surface area contributed by atoms with Gasteiger partial charge in [-0.2, -0.15) is 0 Å². The Morgan fingerprint density at radius 2 is 1.92 bits per heavy atom. The molecule has 2 aromatic carbocycles. The number of nitro groups is 1. The van der Waals surface area contributed by atoms with Gasteiger partial charge in [-0.05, 0) is 18.6 Å². The second-order valence-electron chi connectivity index (χ2n) is 5.94. The lowest BCUT2D eigenvalue weighted by atomic mass is 10.0. The second-order valence-corrected chi connectivity index (χ2v) is 5.94. The van der Waals surface area contributed by atoms with Crippen molar-refractivity contribution in [3.63, 3.8) is 0 Å². The maximum absolute atomic E-state index is 12.9. The quantitative estimate of drug-likeness (QED) is 0.565. The summed E-state index contributed by atoms with van der Waals surface area (Å²) in [6, 6.07) is 13.6. The summed E-state index contributed by atoms with van der Waals surface area (Å²) < 4.78 is 1.81. The number of amides is 1. The SMILES string of the molecule is Cc1cccc(C(=O)NC(c2ccccc2)c2nccn2C)c1[N+](=O)[O-]. The summed E-state index contributed by atoms with van der Waals surface area (Å²) in [5.41, 5.74) is 1.13. The lowest BCUT2D eigenvalue weighted by Crippen LogP contribution is -2.31. The van der Waals surface area contributed by atoms with Crippen LogP contribution in [0.15, 0.2) is 60.9 Å². The molecule has 3 aromatic rings. The monoisotopic (exact) mass is 350 g/mol. The molecule has 26 heavy (non-hydrogen) atoms. The maximum atomic E-state index is 12.9. The van der Waals surface area contributed by atoms with Crippen LogP contribution in [-0.2, 0) is 7.05 Å². The molecule has 1 atom stereocenters. The first-order valence-corrected chi connectivity index (χ1v) is 8.06. The number of carbonyl (C=O) groups excluding carboxylic acids is 1. The Morgan fingerprint density at radius 3 is 2.54 bits per heavy atom. The van der Waals surface area contributed by atoms with Crippen molar-refractivity contribution in [2.24, 2.45) is 7.05 Å². The van der Waals surface area contributed by atoms with Gasteiger partial charge in [-0.15, -0.1) is 0 Å². The van der Waals surface area contributed by atoms with Crippen molar-refractivity contribution in [2.75, 3.05) is 0 Å². The van der Waals surface area contributed by atoms with Gasteiger partial charge >= 0.3 is 0 Å². The van der Waals surface area contributed by atoms with E-state index < -0.39 is 16.9 Å². The molecule has 0 fully saturated rings. The first-order chi connectivity index (χ1) is 12.5. The van der Waals surface area contributed by atoms with E-state index in [-0.39, 0.29) is 11.3 Å². The highest BCUT2D eigenvalue weighted by molar-refractivity contribution is 5.99. The molecule has 0 spiro atoms. The Balaban J connectivity index is 2.01. The number of nitrogens with zero attached hydrogens (tertiary/aromatic N) is 3. The zero-order valence-electron chi connectivity index (χ0n) is 14.4. The highest BCUT2D eigenvalue weighted by Crippen LogP contribution is 2.25. The molecular formula is C19H18N4O3. The lowest BCUT2D eigenvalue weighted by molar-refractivity contribution is -0.385. The van der Waals surface area contributed by atoms with Gasteiger partial charge < -0.3 is 9.88 Å². The number of imidazole rings is 1. The van der Waals surface area contributed by atoms with Gasteiger partial charge in [-0.1, -0.05) is 42.5 Å². The molecule has 0 aliphatic heterocycles. The van der Waals surface area contributed by atoms with E-state index in [1.807, 2.05) is 41.9 Å². The topological polar surface area (TPSA) is 90.1 Å². The zero-order valence-corrected chi connectivity index (χ0v) is 14.4. The van der Waals surface area contributed by atoms with Gasteiger partial charge in [0.1, 0.15) is 17.4 Å². The predicted octanol–water partition coefficient (Wildman–Crippen LogP) is 3.16. The molecule has 0 radical (unpaired) electrons. The standard InChI is InChI=1S/C19H18N4O3/c1-13-7-6-10-15(17(13)23(25)26)19(24)21-16(14-8-4-3-5-9-14)18-20-11-12-22(18)2/h3-12,16H,1-2H3,(H,21,24). The van der Waals surface area contributed by atoms with Crippen molar-refractivity contribution in [3.05, 3.63) is 93.6 Å². The minimum absolute atomic E-state index is 0.0325. The van der Waals surface area contributed by atoms with Crippen LogP contribution >= 0.6 is 0 Å². The first kappa shape index (κ1) is 17.3. The van der Waals surface area contributed by atoms with Crippen molar-refractivity contribution in [2.45, 2.75) is 13.0 Å². The van der Waals surface area contributed by atoms with Gasteiger partial charge in [0.15, 0.2) is 0 Å². The lowest BCUT2D eigenvalue weighted by Gasteiger charge is -2.19. The van der Waals surface area contributed by atoms with E-state index in [2.05, 4.69) is 10.3 Å². The van der Waals surface area contributed by atoms with E-state index in [9.17, 15) is 14.9 Å². The Kier molecular flexibility index (Phi) is 4.79. The highest BCUT2D eigenvalue weighted by Gasteiger charge is 2.26. The molecule has 0 saturated carbocycles. The van der Waals surface area contributed by atoms with E-state index in [0.717, 1.165) is 5.56 Å². The fourth-order valence-electron chi connectivity index (χ4n) is 2.89. The number of rotatable bonds is 5. The Morgan fingerprint density at radius 1 is 1.19 bits per heavy atom. The fourth-order valence-corrected chi connectivity index (χ4v) is 2.89. The number of hydrogen-bond acceptors (Lipinski definition) is 4. The Labute approximate surface area is 150 Å². The fraction of sp³-hybridized carbons (Fsp3) is 0.158. The number of aryl methyl sites for hydroxylation is 2. The van der Waals surface area contributed by atoms with Gasteiger partial charge in [0.25, 0.3) is 11.6 Å². The van der Waals surface area contributed by atoms with Gasteiger partial charge in [0.2, 0.25) is 0 Å². The number of aromatic nitrogens is 2. The summed E-state index contributed by atoms with van der Waals surface area (Å²) in [4.78, 5) is 28.1. The summed E-state index contributed by atoms with van der Waals surface area (Å²) in [7, 11) is 1.83. The average molecular weight is 350 g/mol. The van der Waals surface area contributed by atoms with E-state index in [4.69, 9.17) is 0 Å². The number of carbonyl (C=O) groups is 1. The first-order valence-electron chi connectivity index (χ1n) is 8.06. The van der Waals surface area contributed by atoms with Crippen molar-refractivity contribution >= 4 is 11.6 Å². The third kappa shape index (κ3) is 3.32. The molecule has 0 aliphatic rings. The number of nitro benzene ring substituents is 1. The van der Waals surface area contributed by atoms with Crippen LogP contribution in [-0.4, -0.2) is 20.4 Å². The molecule has 7 nitrogen and oxygen atoms in total. The van der Waals surface area contributed by atoms with Gasteiger partial charge in [-0.25, -0.2) is 4.98 Å². The van der Waals surface area contributed by atoms with Gasteiger partial charge in [0.05, 0.1) is 4.92 Å². The van der Waals surface area contributed by atoms with E-state index >= 15 is 0 Å². The van der Waals surface area contributed by atoms with Gasteiger partial charge in [-0.3, -0.25) is 14.9 Å². The van der Waals surface area contributed by atoms with Crippen LogP contribution in [0.5, 0.6) is 0 Å². The second kappa shape index (κ2) is 7.18. The molecule has 7 heteroatoms. The van der Waals surface area contributed by atoms with E-state index in [1.54, 1.807) is 31.5 Å². The largest absolute Gasteiger partial charge is 0.338 e. The highest BCUT2D eigenvalue weighted by atomic mass is 16.6. The van der Waals surface area contributed by atoms with Crippen molar-refractivity contribution in [1.82, 2.24) is 14.9 Å². The predicted molar refractivity (Wildman–Crippen MR) is 96.8 cm³/mol.